The number of aromatic nitrogens is 1. The zero-order chi connectivity index (χ0) is 12.8. The lowest BCUT2D eigenvalue weighted by Crippen LogP contribution is -2.16. The third-order valence-electron chi connectivity index (χ3n) is 3.79. The molecule has 1 saturated carbocycles. The molecule has 19 heavy (non-hydrogen) atoms. The molecule has 1 fully saturated rings. The van der Waals surface area contributed by atoms with Gasteiger partial charge in [-0.15, -0.1) is 0 Å². The van der Waals surface area contributed by atoms with Crippen LogP contribution in [0.4, 0.5) is 5.69 Å². The van der Waals surface area contributed by atoms with E-state index in [1.165, 1.54) is 29.8 Å². The lowest BCUT2D eigenvalue weighted by molar-refractivity contribution is 0.110. The highest BCUT2D eigenvalue weighted by atomic mass is 35.5. The van der Waals surface area contributed by atoms with E-state index >= 15 is 0 Å². The fraction of sp³-hybridized carbons (Fsp3) is 0.400. The second-order valence-corrected chi connectivity index (χ2v) is 5.73. The van der Waals surface area contributed by atoms with Gasteiger partial charge in [0, 0.05) is 28.4 Å². The van der Waals surface area contributed by atoms with Crippen molar-refractivity contribution in [3.63, 3.8) is 0 Å². The van der Waals surface area contributed by atoms with Crippen LogP contribution >= 0.6 is 11.6 Å². The Kier molecular flexibility index (Phi) is 2.64. The Morgan fingerprint density at radius 1 is 1.32 bits per heavy atom. The minimum absolute atomic E-state index is 0.607. The van der Waals surface area contributed by atoms with E-state index in [1.54, 1.807) is 0 Å². The fourth-order valence-corrected chi connectivity index (χ4v) is 2.80. The van der Waals surface area contributed by atoms with Crippen molar-refractivity contribution in [1.29, 1.82) is 0 Å². The van der Waals surface area contributed by atoms with Crippen LogP contribution in [0.3, 0.4) is 0 Å². The molecule has 0 amide bonds. The minimum atomic E-state index is 0.607. The van der Waals surface area contributed by atoms with E-state index in [4.69, 9.17) is 21.3 Å². The van der Waals surface area contributed by atoms with Crippen LogP contribution in [0.2, 0.25) is 5.02 Å². The van der Waals surface area contributed by atoms with Crippen molar-refractivity contribution >= 4 is 28.2 Å². The molecule has 0 unspecified atom stereocenters. The number of nitrogens with zero attached hydrogens (tertiary/aromatic N) is 1. The van der Waals surface area contributed by atoms with Crippen LogP contribution < -0.4 is 5.32 Å². The van der Waals surface area contributed by atoms with Crippen LogP contribution in [0.1, 0.15) is 24.1 Å². The summed E-state index contributed by atoms with van der Waals surface area (Å²) in [5.41, 5.74) is 4.59. The maximum Gasteiger partial charge on any atom is 0.0755 e. The molecule has 4 rings (SSSR count). The summed E-state index contributed by atoms with van der Waals surface area (Å²) in [6.07, 6.45) is 3.40. The molecule has 1 aromatic heterocycles. The van der Waals surface area contributed by atoms with Crippen molar-refractivity contribution in [2.45, 2.75) is 31.9 Å². The number of nitrogens with one attached hydrogen (secondary N) is 1. The molecule has 4 heteroatoms. The molecule has 0 bridgehead atoms. The summed E-state index contributed by atoms with van der Waals surface area (Å²) >= 11 is 6.14. The molecule has 2 aromatic rings. The Morgan fingerprint density at radius 3 is 3.05 bits per heavy atom. The number of rotatable bonds is 2. The van der Waals surface area contributed by atoms with Crippen LogP contribution in [-0.2, 0) is 17.8 Å². The van der Waals surface area contributed by atoms with Crippen molar-refractivity contribution in [2.24, 2.45) is 0 Å². The molecule has 1 aliphatic carbocycles. The van der Waals surface area contributed by atoms with E-state index in [-0.39, 0.29) is 0 Å². The van der Waals surface area contributed by atoms with Crippen LogP contribution in [0, 0.1) is 0 Å². The molecule has 3 nitrogen and oxygen atoms in total. The molecule has 0 saturated heterocycles. The molecular formula is C15H15ClN2O. The van der Waals surface area contributed by atoms with Gasteiger partial charge in [0.1, 0.15) is 0 Å². The summed E-state index contributed by atoms with van der Waals surface area (Å²) in [4.78, 5) is 4.77. The highest BCUT2D eigenvalue weighted by molar-refractivity contribution is 6.31. The monoisotopic (exact) mass is 274 g/mol. The normalized spacial score (nSPS) is 18.4. The van der Waals surface area contributed by atoms with Crippen molar-refractivity contribution in [3.05, 3.63) is 34.5 Å². The van der Waals surface area contributed by atoms with Gasteiger partial charge in [-0.3, -0.25) is 4.98 Å². The molecule has 0 atom stereocenters. The van der Waals surface area contributed by atoms with Crippen LogP contribution in [-0.4, -0.2) is 17.6 Å². The lowest BCUT2D eigenvalue weighted by atomic mass is 10.0. The fourth-order valence-electron chi connectivity index (χ4n) is 2.63. The topological polar surface area (TPSA) is 34.2 Å². The SMILES string of the molecule is Clc1ccc2nc3c(c(NC4CC4)c2c1)COCC3. The third kappa shape index (κ3) is 2.07. The van der Waals surface area contributed by atoms with Crippen molar-refractivity contribution in [2.75, 3.05) is 11.9 Å². The van der Waals surface area contributed by atoms with Crippen molar-refractivity contribution in [3.8, 4) is 0 Å². The predicted molar refractivity (Wildman–Crippen MR) is 76.8 cm³/mol. The predicted octanol–water partition coefficient (Wildman–Crippen LogP) is 3.54. The Labute approximate surface area is 116 Å². The first-order valence-corrected chi connectivity index (χ1v) is 7.14. The van der Waals surface area contributed by atoms with Gasteiger partial charge >= 0.3 is 0 Å². The van der Waals surface area contributed by atoms with Gasteiger partial charge < -0.3 is 10.1 Å². The van der Waals surface area contributed by atoms with E-state index in [0.717, 1.165) is 29.0 Å². The van der Waals surface area contributed by atoms with E-state index in [0.29, 0.717) is 12.6 Å². The highest BCUT2D eigenvalue weighted by Crippen LogP contribution is 2.36. The van der Waals surface area contributed by atoms with Gasteiger partial charge in [-0.1, -0.05) is 11.6 Å². The lowest BCUT2D eigenvalue weighted by Gasteiger charge is -2.22. The molecule has 2 heterocycles. The molecule has 1 aromatic carbocycles. The summed E-state index contributed by atoms with van der Waals surface area (Å²) in [5.74, 6) is 0. The zero-order valence-electron chi connectivity index (χ0n) is 10.6. The zero-order valence-corrected chi connectivity index (χ0v) is 11.3. The summed E-state index contributed by atoms with van der Waals surface area (Å²) in [6, 6.07) is 6.52. The van der Waals surface area contributed by atoms with Crippen molar-refractivity contribution < 1.29 is 4.74 Å². The van der Waals surface area contributed by atoms with Gasteiger partial charge in [0.2, 0.25) is 0 Å². The van der Waals surface area contributed by atoms with Gasteiger partial charge in [-0.2, -0.15) is 0 Å². The molecule has 1 aliphatic heterocycles. The maximum atomic E-state index is 6.14. The minimum Gasteiger partial charge on any atom is -0.381 e. The number of hydrogen-bond donors (Lipinski definition) is 1. The number of anilines is 1. The van der Waals surface area contributed by atoms with E-state index in [2.05, 4.69) is 5.32 Å². The summed E-state index contributed by atoms with van der Waals surface area (Å²) in [5, 5.41) is 5.50. The second kappa shape index (κ2) is 4.36. The molecule has 0 radical (unpaired) electrons. The van der Waals surface area contributed by atoms with Crippen molar-refractivity contribution in [1.82, 2.24) is 4.98 Å². The van der Waals surface area contributed by atoms with Crippen LogP contribution in [0.15, 0.2) is 18.2 Å². The first kappa shape index (κ1) is 11.5. The molecule has 2 aliphatic rings. The average molecular weight is 275 g/mol. The van der Waals surface area contributed by atoms with E-state index < -0.39 is 0 Å². The number of pyridine rings is 1. The Balaban J connectivity index is 1.96. The van der Waals surface area contributed by atoms with Gasteiger partial charge in [0.15, 0.2) is 0 Å². The standard InChI is InChI=1S/C15H15ClN2O/c16-9-1-4-13-11(7-9)15(17-10-2-3-10)12-8-19-6-5-14(12)18-13/h1,4,7,10H,2-3,5-6,8H2,(H,17,18). The van der Waals surface area contributed by atoms with Gasteiger partial charge in [0.05, 0.1) is 30.1 Å². The Morgan fingerprint density at radius 2 is 2.21 bits per heavy atom. The second-order valence-electron chi connectivity index (χ2n) is 5.29. The number of benzene rings is 1. The maximum absolute atomic E-state index is 6.14. The summed E-state index contributed by atoms with van der Waals surface area (Å²) < 4.78 is 5.60. The van der Waals surface area contributed by atoms with Gasteiger partial charge in [-0.05, 0) is 31.0 Å². The summed E-state index contributed by atoms with van der Waals surface area (Å²) in [6.45, 7) is 1.42. The third-order valence-corrected chi connectivity index (χ3v) is 4.02. The first-order chi connectivity index (χ1) is 9.31. The Bertz CT molecular complexity index is 652. The first-order valence-electron chi connectivity index (χ1n) is 6.76. The van der Waals surface area contributed by atoms with Crippen LogP contribution in [0.25, 0.3) is 10.9 Å². The molecule has 1 N–H and O–H groups in total. The number of ether oxygens (including phenoxy) is 1. The van der Waals surface area contributed by atoms with E-state index in [9.17, 15) is 0 Å². The van der Waals surface area contributed by atoms with E-state index in [1.807, 2.05) is 18.2 Å². The number of hydrogen-bond acceptors (Lipinski definition) is 3. The summed E-state index contributed by atoms with van der Waals surface area (Å²) in [7, 11) is 0. The quantitative estimate of drug-likeness (QED) is 0.910. The number of fused-ring (bicyclic) bond motifs is 2. The van der Waals surface area contributed by atoms with Gasteiger partial charge in [0.25, 0.3) is 0 Å². The smallest absolute Gasteiger partial charge is 0.0755 e. The Hall–Kier alpha value is -1.32. The number of halogens is 1. The van der Waals surface area contributed by atoms with Gasteiger partial charge in [-0.25, -0.2) is 0 Å². The molecular weight excluding hydrogens is 260 g/mol. The molecule has 98 valence electrons. The average Bonchev–Trinajstić information content (AvgIpc) is 3.23. The highest BCUT2D eigenvalue weighted by Gasteiger charge is 2.25. The largest absolute Gasteiger partial charge is 0.381 e. The van der Waals surface area contributed by atoms with Crippen LogP contribution in [0.5, 0.6) is 0 Å². The molecule has 0 spiro atoms.